The van der Waals surface area contributed by atoms with E-state index >= 15 is 0 Å². The van der Waals surface area contributed by atoms with E-state index in [1.165, 1.54) is 24.3 Å². The van der Waals surface area contributed by atoms with E-state index in [4.69, 9.17) is 11.6 Å². The van der Waals surface area contributed by atoms with E-state index in [0.717, 1.165) is 12.0 Å². The van der Waals surface area contributed by atoms with E-state index in [1.54, 1.807) is 0 Å². The molecule has 0 heterocycles. The van der Waals surface area contributed by atoms with Crippen molar-refractivity contribution in [1.29, 1.82) is 0 Å². The first kappa shape index (κ1) is 9.35. The minimum absolute atomic E-state index is 0.337. The highest BCUT2D eigenvalue weighted by molar-refractivity contribution is 7.95. The topological polar surface area (TPSA) is 26.3 Å². The Morgan fingerprint density at radius 2 is 2.00 bits per heavy atom. The summed E-state index contributed by atoms with van der Waals surface area (Å²) in [5, 5.41) is 0. The number of rotatable bonds is 2. The van der Waals surface area contributed by atoms with Crippen molar-refractivity contribution in [2.24, 2.45) is 0 Å². The van der Waals surface area contributed by atoms with Crippen molar-refractivity contribution >= 4 is 29.1 Å². The minimum atomic E-state index is -0.899. The molecule has 64 valence electrons. The second kappa shape index (κ2) is 4.33. The van der Waals surface area contributed by atoms with Gasteiger partial charge in [-0.3, -0.25) is 0 Å². The largest absolute Gasteiger partial charge is 0.416 e. The zero-order valence-electron chi connectivity index (χ0n) is 5.79. The van der Waals surface area contributed by atoms with Crippen LogP contribution in [0.3, 0.4) is 0 Å². The molecule has 0 spiro atoms. The molecular formula is C7H4ClFO2S. The predicted octanol–water partition coefficient (Wildman–Crippen LogP) is 3.21. The van der Waals surface area contributed by atoms with Crippen LogP contribution in [0.25, 0.3) is 0 Å². The molecule has 0 aliphatic carbocycles. The second-order valence-corrected chi connectivity index (χ2v) is 2.97. The lowest BCUT2D eigenvalue weighted by atomic mass is 10.4. The normalized spacial score (nSPS) is 9.50. The van der Waals surface area contributed by atoms with E-state index in [9.17, 15) is 9.18 Å². The average molecular weight is 207 g/mol. The maximum atomic E-state index is 12.3. The van der Waals surface area contributed by atoms with Gasteiger partial charge in [-0.05, 0) is 24.3 Å². The fourth-order valence-corrected chi connectivity index (χ4v) is 1.07. The summed E-state index contributed by atoms with van der Waals surface area (Å²) in [4.78, 5) is 10.7. The van der Waals surface area contributed by atoms with Gasteiger partial charge < -0.3 is 4.18 Å². The summed E-state index contributed by atoms with van der Waals surface area (Å²) in [6, 6.07) is 5.51. The summed E-state index contributed by atoms with van der Waals surface area (Å²) < 4.78 is 16.7. The molecule has 12 heavy (non-hydrogen) atoms. The van der Waals surface area contributed by atoms with Gasteiger partial charge in [0.2, 0.25) is 0 Å². The predicted molar refractivity (Wildman–Crippen MR) is 44.6 cm³/mol. The molecule has 0 saturated carbocycles. The Morgan fingerprint density at radius 3 is 2.50 bits per heavy atom. The van der Waals surface area contributed by atoms with Crippen LogP contribution < -0.4 is 0 Å². The fourth-order valence-electron chi connectivity index (χ4n) is 0.571. The van der Waals surface area contributed by atoms with Crippen LogP contribution in [0, 0.1) is 5.82 Å². The van der Waals surface area contributed by atoms with Crippen molar-refractivity contribution in [3.05, 3.63) is 30.1 Å². The lowest BCUT2D eigenvalue weighted by Crippen LogP contribution is -1.82. The maximum Gasteiger partial charge on any atom is 0.416 e. The van der Waals surface area contributed by atoms with Crippen molar-refractivity contribution in [2.45, 2.75) is 4.90 Å². The van der Waals surface area contributed by atoms with Gasteiger partial charge in [0.25, 0.3) is 0 Å². The number of benzene rings is 1. The van der Waals surface area contributed by atoms with E-state index in [1.807, 2.05) is 0 Å². The molecule has 0 unspecified atom stereocenters. The quantitative estimate of drug-likeness (QED) is 0.549. The van der Waals surface area contributed by atoms with E-state index < -0.39 is 5.43 Å². The Labute approximate surface area is 77.9 Å². The SMILES string of the molecule is O=C(Cl)OSc1ccc(F)cc1. The van der Waals surface area contributed by atoms with Gasteiger partial charge in [-0.15, -0.1) is 0 Å². The van der Waals surface area contributed by atoms with Gasteiger partial charge in [0.05, 0.1) is 12.0 Å². The van der Waals surface area contributed by atoms with Crippen molar-refractivity contribution in [1.82, 2.24) is 0 Å². The Morgan fingerprint density at radius 1 is 1.42 bits per heavy atom. The van der Waals surface area contributed by atoms with Crippen LogP contribution in [0.15, 0.2) is 29.2 Å². The molecular weight excluding hydrogens is 203 g/mol. The number of hydrogen-bond donors (Lipinski definition) is 0. The first-order valence-electron chi connectivity index (χ1n) is 2.98. The Bertz CT molecular complexity index is 275. The monoisotopic (exact) mass is 206 g/mol. The zero-order chi connectivity index (χ0) is 8.97. The molecule has 0 saturated heterocycles. The lowest BCUT2D eigenvalue weighted by molar-refractivity contribution is 0.233. The van der Waals surface area contributed by atoms with Crippen molar-refractivity contribution < 1.29 is 13.4 Å². The molecule has 1 rings (SSSR count). The summed E-state index contributed by atoms with van der Waals surface area (Å²) in [6.07, 6.45) is 0. The molecule has 0 aliphatic rings. The first-order valence-corrected chi connectivity index (χ1v) is 4.10. The van der Waals surface area contributed by atoms with Gasteiger partial charge in [-0.25, -0.2) is 9.18 Å². The molecule has 5 heteroatoms. The Balaban J connectivity index is 2.53. The third kappa shape index (κ3) is 3.11. The van der Waals surface area contributed by atoms with Crippen molar-refractivity contribution in [3.8, 4) is 0 Å². The van der Waals surface area contributed by atoms with E-state index in [2.05, 4.69) is 4.18 Å². The molecule has 0 N–H and O–H groups in total. The molecule has 1 aromatic rings. The van der Waals surface area contributed by atoms with Gasteiger partial charge in [0, 0.05) is 16.5 Å². The second-order valence-electron chi connectivity index (χ2n) is 1.86. The Hall–Kier alpha value is -0.740. The molecule has 0 bridgehead atoms. The Kier molecular flexibility index (Phi) is 3.37. The van der Waals surface area contributed by atoms with Crippen LogP contribution in [0.5, 0.6) is 0 Å². The summed E-state index contributed by atoms with van der Waals surface area (Å²) in [5.41, 5.74) is -0.899. The first-order chi connectivity index (χ1) is 5.68. The van der Waals surface area contributed by atoms with Gasteiger partial charge >= 0.3 is 5.43 Å². The molecule has 0 amide bonds. The van der Waals surface area contributed by atoms with Crippen LogP contribution in [0.1, 0.15) is 0 Å². The number of carbonyl (C=O) groups is 1. The smallest absolute Gasteiger partial charge is 0.374 e. The number of carbonyl (C=O) groups excluding carboxylic acids is 1. The summed E-state index contributed by atoms with van der Waals surface area (Å²) >= 11 is 5.69. The highest BCUT2D eigenvalue weighted by Crippen LogP contribution is 2.19. The van der Waals surface area contributed by atoms with Crippen LogP contribution in [0.2, 0.25) is 0 Å². The van der Waals surface area contributed by atoms with Crippen LogP contribution >= 0.6 is 23.6 Å². The lowest BCUT2D eigenvalue weighted by Gasteiger charge is -1.96. The highest BCUT2D eigenvalue weighted by atomic mass is 35.5. The van der Waals surface area contributed by atoms with Gasteiger partial charge in [-0.1, -0.05) is 0 Å². The number of halogens is 2. The molecule has 0 aromatic heterocycles. The van der Waals surface area contributed by atoms with Crippen molar-refractivity contribution in [3.63, 3.8) is 0 Å². The molecule has 0 radical (unpaired) electrons. The molecule has 1 aromatic carbocycles. The molecule has 0 fully saturated rings. The summed E-state index contributed by atoms with van der Waals surface area (Å²) in [7, 11) is 0. The van der Waals surface area contributed by atoms with Crippen LogP contribution in [-0.4, -0.2) is 5.43 Å². The average Bonchev–Trinajstić information content (AvgIpc) is 2.03. The van der Waals surface area contributed by atoms with Crippen LogP contribution in [0.4, 0.5) is 9.18 Å². The van der Waals surface area contributed by atoms with Gasteiger partial charge in [-0.2, -0.15) is 0 Å². The van der Waals surface area contributed by atoms with E-state index in [-0.39, 0.29) is 5.82 Å². The summed E-state index contributed by atoms with van der Waals surface area (Å²) in [6.45, 7) is 0. The molecule has 0 aliphatic heterocycles. The molecule has 0 atom stereocenters. The van der Waals surface area contributed by atoms with Crippen LogP contribution in [-0.2, 0) is 4.18 Å². The highest BCUT2D eigenvalue weighted by Gasteiger charge is 1.99. The van der Waals surface area contributed by atoms with Crippen molar-refractivity contribution in [2.75, 3.05) is 0 Å². The molecule has 2 nitrogen and oxygen atoms in total. The van der Waals surface area contributed by atoms with E-state index in [0.29, 0.717) is 4.90 Å². The van der Waals surface area contributed by atoms with Gasteiger partial charge in [0.15, 0.2) is 0 Å². The standard InChI is InChI=1S/C7H4ClFO2S/c8-7(10)11-12-6-3-1-5(9)2-4-6/h1-4H. The minimum Gasteiger partial charge on any atom is -0.374 e. The van der Waals surface area contributed by atoms with Gasteiger partial charge in [0.1, 0.15) is 5.82 Å². The summed E-state index contributed by atoms with van der Waals surface area (Å²) in [5.74, 6) is -0.337. The fraction of sp³-hybridized carbons (Fsp3) is 0. The maximum absolute atomic E-state index is 12.3. The number of hydrogen-bond acceptors (Lipinski definition) is 3. The zero-order valence-corrected chi connectivity index (χ0v) is 7.36. The third-order valence-corrected chi connectivity index (χ3v) is 1.89. The third-order valence-electron chi connectivity index (χ3n) is 1.02.